The second-order valence-electron chi connectivity index (χ2n) is 6.23. The van der Waals surface area contributed by atoms with Gasteiger partial charge in [0.05, 0.1) is 0 Å². The van der Waals surface area contributed by atoms with Crippen molar-refractivity contribution >= 4 is 16.5 Å². The van der Waals surface area contributed by atoms with E-state index in [0.29, 0.717) is 12.0 Å². The molecule has 3 heteroatoms. The maximum atomic E-state index is 4.32. The van der Waals surface area contributed by atoms with E-state index in [0.717, 1.165) is 19.6 Å². The van der Waals surface area contributed by atoms with E-state index in [1.165, 1.54) is 29.3 Å². The molecule has 0 radical (unpaired) electrons. The van der Waals surface area contributed by atoms with Crippen molar-refractivity contribution in [1.82, 2.24) is 10.3 Å². The summed E-state index contributed by atoms with van der Waals surface area (Å²) in [7, 11) is 0. The lowest BCUT2D eigenvalue weighted by molar-refractivity contribution is 0.388. The monoisotopic (exact) mass is 283 g/mol. The Bertz CT molecular complexity index is 591. The average molecular weight is 283 g/mol. The van der Waals surface area contributed by atoms with E-state index in [1.54, 1.807) is 0 Å². The predicted molar refractivity (Wildman–Crippen MR) is 89.8 cm³/mol. The van der Waals surface area contributed by atoms with Crippen LogP contribution in [0.5, 0.6) is 0 Å². The molecule has 1 aliphatic heterocycles. The van der Waals surface area contributed by atoms with Gasteiger partial charge in [-0.3, -0.25) is 4.98 Å². The second kappa shape index (κ2) is 6.44. The summed E-state index contributed by atoms with van der Waals surface area (Å²) in [6, 6.07) is 9.32. The molecule has 0 saturated carbocycles. The Kier molecular flexibility index (Phi) is 4.39. The lowest BCUT2D eigenvalue weighted by atomic mass is 10.0. The topological polar surface area (TPSA) is 28.2 Å². The molecular formula is C18H25N3. The van der Waals surface area contributed by atoms with Gasteiger partial charge in [0.2, 0.25) is 0 Å². The van der Waals surface area contributed by atoms with Gasteiger partial charge < -0.3 is 10.2 Å². The van der Waals surface area contributed by atoms with Crippen molar-refractivity contribution in [2.45, 2.75) is 32.7 Å². The standard InChI is InChI=1S/C18H25N3/c1-3-16-8-10-21(13-14(2)11-20-16)18-6-4-5-15-7-9-19-12-17(15)18/h4-7,9,12,14,16,20H,3,8,10-11,13H2,1-2H3. The van der Waals surface area contributed by atoms with E-state index < -0.39 is 0 Å². The minimum Gasteiger partial charge on any atom is -0.371 e. The third-order valence-corrected chi connectivity index (χ3v) is 4.53. The van der Waals surface area contributed by atoms with Crippen LogP contribution in [-0.2, 0) is 0 Å². The molecule has 0 spiro atoms. The first-order valence-electron chi connectivity index (χ1n) is 8.09. The van der Waals surface area contributed by atoms with Crippen LogP contribution in [0.15, 0.2) is 36.7 Å². The van der Waals surface area contributed by atoms with Gasteiger partial charge in [-0.15, -0.1) is 0 Å². The Balaban J connectivity index is 1.92. The molecule has 2 aromatic rings. The minimum atomic E-state index is 0.642. The molecule has 1 saturated heterocycles. The van der Waals surface area contributed by atoms with Crippen molar-refractivity contribution in [3.8, 4) is 0 Å². The fourth-order valence-electron chi connectivity index (χ4n) is 3.25. The van der Waals surface area contributed by atoms with Gasteiger partial charge in [-0.2, -0.15) is 0 Å². The zero-order valence-corrected chi connectivity index (χ0v) is 13.0. The Morgan fingerprint density at radius 1 is 1.33 bits per heavy atom. The fourth-order valence-corrected chi connectivity index (χ4v) is 3.25. The molecule has 1 aromatic carbocycles. The maximum absolute atomic E-state index is 4.32. The van der Waals surface area contributed by atoms with Crippen molar-refractivity contribution < 1.29 is 0 Å². The first-order chi connectivity index (χ1) is 10.3. The fraction of sp³-hybridized carbons (Fsp3) is 0.500. The summed E-state index contributed by atoms with van der Waals surface area (Å²) in [6.45, 7) is 7.94. The summed E-state index contributed by atoms with van der Waals surface area (Å²) in [4.78, 5) is 6.88. The molecule has 0 amide bonds. The largest absolute Gasteiger partial charge is 0.371 e. The number of benzene rings is 1. The van der Waals surface area contributed by atoms with Gasteiger partial charge in [-0.1, -0.05) is 26.0 Å². The number of anilines is 1. The Labute approximate surface area is 127 Å². The number of nitrogens with zero attached hydrogens (tertiary/aromatic N) is 2. The maximum Gasteiger partial charge on any atom is 0.0461 e. The van der Waals surface area contributed by atoms with Crippen LogP contribution in [0.1, 0.15) is 26.7 Å². The number of aromatic nitrogens is 1. The average Bonchev–Trinajstić information content (AvgIpc) is 2.51. The third kappa shape index (κ3) is 3.18. The van der Waals surface area contributed by atoms with Crippen molar-refractivity contribution in [3.05, 3.63) is 36.7 Å². The number of nitrogens with one attached hydrogen (secondary N) is 1. The highest BCUT2D eigenvalue weighted by molar-refractivity contribution is 5.93. The molecule has 0 aliphatic carbocycles. The molecule has 2 unspecified atom stereocenters. The van der Waals surface area contributed by atoms with Crippen LogP contribution in [0.25, 0.3) is 10.8 Å². The summed E-state index contributed by atoms with van der Waals surface area (Å²) in [5.41, 5.74) is 1.34. The van der Waals surface area contributed by atoms with Gasteiger partial charge in [0, 0.05) is 42.6 Å². The first-order valence-corrected chi connectivity index (χ1v) is 8.09. The third-order valence-electron chi connectivity index (χ3n) is 4.53. The number of rotatable bonds is 2. The number of fused-ring (bicyclic) bond motifs is 1. The van der Waals surface area contributed by atoms with Crippen molar-refractivity contribution in [2.75, 3.05) is 24.5 Å². The normalized spacial score (nSPS) is 23.8. The smallest absolute Gasteiger partial charge is 0.0461 e. The second-order valence-corrected chi connectivity index (χ2v) is 6.23. The summed E-state index contributed by atoms with van der Waals surface area (Å²) >= 11 is 0. The summed E-state index contributed by atoms with van der Waals surface area (Å²) in [5.74, 6) is 0.659. The van der Waals surface area contributed by atoms with Crippen LogP contribution in [0.2, 0.25) is 0 Å². The van der Waals surface area contributed by atoms with E-state index in [9.17, 15) is 0 Å². The summed E-state index contributed by atoms with van der Waals surface area (Å²) in [5, 5.41) is 6.24. The van der Waals surface area contributed by atoms with Crippen LogP contribution in [0.3, 0.4) is 0 Å². The van der Waals surface area contributed by atoms with Gasteiger partial charge in [0.15, 0.2) is 0 Å². The van der Waals surface area contributed by atoms with E-state index in [1.807, 2.05) is 12.4 Å². The first kappa shape index (κ1) is 14.3. The van der Waals surface area contributed by atoms with Gasteiger partial charge in [0.25, 0.3) is 0 Å². The van der Waals surface area contributed by atoms with Crippen LogP contribution < -0.4 is 10.2 Å². The lowest BCUT2D eigenvalue weighted by Gasteiger charge is -2.34. The molecule has 1 fully saturated rings. The van der Waals surface area contributed by atoms with Crippen LogP contribution in [0.4, 0.5) is 5.69 Å². The molecule has 1 N–H and O–H groups in total. The lowest BCUT2D eigenvalue weighted by Crippen LogP contribution is -2.43. The molecule has 21 heavy (non-hydrogen) atoms. The van der Waals surface area contributed by atoms with Gasteiger partial charge >= 0.3 is 0 Å². The van der Waals surface area contributed by atoms with Crippen LogP contribution in [-0.4, -0.2) is 30.7 Å². The number of hydrogen-bond acceptors (Lipinski definition) is 3. The molecule has 1 aliphatic rings. The predicted octanol–water partition coefficient (Wildman–Crippen LogP) is 3.45. The van der Waals surface area contributed by atoms with Gasteiger partial charge in [-0.25, -0.2) is 0 Å². The molecule has 2 heterocycles. The van der Waals surface area contributed by atoms with Crippen molar-refractivity contribution in [1.29, 1.82) is 0 Å². The van der Waals surface area contributed by atoms with Crippen LogP contribution >= 0.6 is 0 Å². The molecule has 0 bridgehead atoms. The van der Waals surface area contributed by atoms with E-state index in [4.69, 9.17) is 0 Å². The van der Waals surface area contributed by atoms with Gasteiger partial charge in [-0.05, 0) is 42.8 Å². The van der Waals surface area contributed by atoms with Crippen molar-refractivity contribution in [3.63, 3.8) is 0 Å². The molecule has 3 nitrogen and oxygen atoms in total. The quantitative estimate of drug-likeness (QED) is 0.915. The highest BCUT2D eigenvalue weighted by Crippen LogP contribution is 2.27. The molecule has 2 atom stereocenters. The highest BCUT2D eigenvalue weighted by Gasteiger charge is 2.19. The Morgan fingerprint density at radius 3 is 3.10 bits per heavy atom. The van der Waals surface area contributed by atoms with Gasteiger partial charge in [0.1, 0.15) is 0 Å². The van der Waals surface area contributed by atoms with E-state index in [2.05, 4.69) is 53.3 Å². The Morgan fingerprint density at radius 2 is 2.24 bits per heavy atom. The molecular weight excluding hydrogens is 258 g/mol. The summed E-state index contributed by atoms with van der Waals surface area (Å²) < 4.78 is 0. The molecule has 112 valence electrons. The van der Waals surface area contributed by atoms with Crippen molar-refractivity contribution in [2.24, 2.45) is 5.92 Å². The van der Waals surface area contributed by atoms with E-state index in [-0.39, 0.29) is 0 Å². The summed E-state index contributed by atoms with van der Waals surface area (Å²) in [6.07, 6.45) is 6.29. The highest BCUT2D eigenvalue weighted by atomic mass is 15.1. The number of hydrogen-bond donors (Lipinski definition) is 1. The molecule has 1 aromatic heterocycles. The zero-order valence-electron chi connectivity index (χ0n) is 13.0. The Hall–Kier alpha value is -1.61. The van der Waals surface area contributed by atoms with Crippen LogP contribution in [0, 0.1) is 5.92 Å². The van der Waals surface area contributed by atoms with E-state index >= 15 is 0 Å². The number of pyridine rings is 1. The minimum absolute atomic E-state index is 0.642. The SMILES string of the molecule is CCC1CCN(c2cccc3ccncc23)CC(C)CN1. The molecule has 3 rings (SSSR count). The zero-order chi connectivity index (χ0) is 14.7.